The molecule has 0 amide bonds. The molecule has 0 saturated heterocycles. The van der Waals surface area contributed by atoms with Crippen LogP contribution in [0.1, 0.15) is 113 Å². The molecule has 5 aliphatic rings. The average Bonchev–Trinajstić information content (AvgIpc) is 3.18. The summed E-state index contributed by atoms with van der Waals surface area (Å²) in [5.74, 6) is 2.27. The van der Waals surface area contributed by atoms with Crippen molar-refractivity contribution in [3.05, 3.63) is 12.2 Å². The predicted molar refractivity (Wildman–Crippen MR) is 146 cm³/mol. The van der Waals surface area contributed by atoms with Crippen LogP contribution in [-0.4, -0.2) is 22.3 Å². The monoisotopic (exact) mass is 498 g/mol. The van der Waals surface area contributed by atoms with Crippen molar-refractivity contribution in [1.82, 2.24) is 0 Å². The molecule has 5 saturated carbocycles. The molecule has 1 unspecified atom stereocenters. The van der Waals surface area contributed by atoms with Crippen LogP contribution in [0.2, 0.25) is 0 Å². The highest BCUT2D eigenvalue weighted by Crippen LogP contribution is 2.78. The number of carbonyl (C=O) groups is 1. The van der Waals surface area contributed by atoms with E-state index in [9.17, 15) is 15.0 Å². The first-order valence-corrected chi connectivity index (χ1v) is 15.2. The smallest absolute Gasteiger partial charge is 0.310 e. The van der Waals surface area contributed by atoms with E-state index in [0.29, 0.717) is 29.6 Å². The summed E-state index contributed by atoms with van der Waals surface area (Å²) in [6, 6.07) is 0. The van der Waals surface area contributed by atoms with E-state index < -0.39 is 11.4 Å². The maximum atomic E-state index is 13.3. The minimum absolute atomic E-state index is 0.0337. The predicted octanol–water partition coefficient (Wildman–Crippen LogP) is 7.97. The summed E-state index contributed by atoms with van der Waals surface area (Å²) in [5, 5.41) is 21.9. The molecule has 0 heterocycles. The first-order valence-electron chi connectivity index (χ1n) is 15.2. The minimum Gasteiger partial charge on any atom is -0.481 e. The van der Waals surface area contributed by atoms with Crippen molar-refractivity contribution in [2.45, 2.75) is 119 Å². The van der Waals surface area contributed by atoms with E-state index >= 15 is 0 Å². The molecule has 0 radical (unpaired) electrons. The zero-order valence-electron chi connectivity index (χ0n) is 24.5. The van der Waals surface area contributed by atoms with Gasteiger partial charge in [0.1, 0.15) is 0 Å². The van der Waals surface area contributed by atoms with E-state index in [-0.39, 0.29) is 39.6 Å². The minimum atomic E-state index is -0.594. The van der Waals surface area contributed by atoms with Crippen LogP contribution in [-0.2, 0) is 4.79 Å². The Balaban J connectivity index is 1.63. The Kier molecular flexibility index (Phi) is 6.01. The highest BCUT2D eigenvalue weighted by molar-refractivity contribution is 5.77. The molecule has 0 aromatic carbocycles. The number of aliphatic hydroxyl groups is 1. The van der Waals surface area contributed by atoms with Crippen LogP contribution in [0.3, 0.4) is 0 Å². The van der Waals surface area contributed by atoms with E-state index in [0.717, 1.165) is 38.5 Å². The van der Waals surface area contributed by atoms with Gasteiger partial charge in [-0.25, -0.2) is 0 Å². The van der Waals surface area contributed by atoms with Crippen LogP contribution in [0.5, 0.6) is 0 Å². The van der Waals surface area contributed by atoms with Gasteiger partial charge in [-0.2, -0.15) is 0 Å². The molecule has 36 heavy (non-hydrogen) atoms. The molecule has 204 valence electrons. The molecule has 3 heteroatoms. The molecule has 5 fully saturated rings. The van der Waals surface area contributed by atoms with Gasteiger partial charge in [0, 0.05) is 0 Å². The van der Waals surface area contributed by atoms with Gasteiger partial charge in [-0.1, -0.05) is 60.6 Å². The average molecular weight is 499 g/mol. The Morgan fingerprint density at radius 2 is 1.56 bits per heavy atom. The first-order chi connectivity index (χ1) is 16.6. The number of rotatable bonds is 3. The van der Waals surface area contributed by atoms with Crippen LogP contribution >= 0.6 is 0 Å². The topological polar surface area (TPSA) is 57.5 Å². The van der Waals surface area contributed by atoms with E-state index in [1.807, 2.05) is 0 Å². The third-order valence-electron chi connectivity index (χ3n) is 14.4. The first kappa shape index (κ1) is 26.8. The highest BCUT2D eigenvalue weighted by Gasteiger charge is 2.74. The number of hydrogen-bond donors (Lipinski definition) is 2. The van der Waals surface area contributed by atoms with E-state index in [2.05, 4.69) is 62.0 Å². The zero-order valence-corrected chi connectivity index (χ0v) is 24.5. The molecule has 3 nitrogen and oxygen atoms in total. The summed E-state index contributed by atoms with van der Waals surface area (Å²) < 4.78 is 0. The maximum Gasteiger partial charge on any atom is 0.310 e. The normalized spacial score (nSPS) is 53.7. The van der Waals surface area contributed by atoms with Crippen molar-refractivity contribution >= 4 is 5.97 Å². The number of carboxylic acids is 1. The van der Waals surface area contributed by atoms with Crippen molar-refractivity contribution in [3.63, 3.8) is 0 Å². The summed E-state index contributed by atoms with van der Waals surface area (Å²) in [4.78, 5) is 13.3. The maximum absolute atomic E-state index is 13.3. The van der Waals surface area contributed by atoms with E-state index in [4.69, 9.17) is 0 Å². The molecule has 5 rings (SSSR count). The van der Waals surface area contributed by atoms with Crippen LogP contribution in [0, 0.1) is 68.5 Å². The lowest BCUT2D eigenvalue weighted by molar-refractivity contribution is -0.259. The summed E-state index contributed by atoms with van der Waals surface area (Å²) in [6.45, 7) is 23.6. The number of aliphatic carboxylic acids is 1. The Bertz CT molecular complexity index is 935. The van der Waals surface area contributed by atoms with Crippen LogP contribution < -0.4 is 0 Å². The van der Waals surface area contributed by atoms with Gasteiger partial charge in [0.05, 0.1) is 11.5 Å². The summed E-state index contributed by atoms with van der Waals surface area (Å²) in [5.41, 5.74) is 1.18. The number of aliphatic hydroxyl groups excluding tert-OH is 1. The molecular weight excluding hydrogens is 444 g/mol. The van der Waals surface area contributed by atoms with Crippen molar-refractivity contribution in [1.29, 1.82) is 0 Å². The molecule has 0 bridgehead atoms. The van der Waals surface area contributed by atoms with Crippen LogP contribution in [0.25, 0.3) is 0 Å². The molecular formula is C33H54O3. The zero-order chi connectivity index (χ0) is 26.6. The van der Waals surface area contributed by atoms with Gasteiger partial charge in [-0.05, 0) is 128 Å². The fourth-order valence-corrected chi connectivity index (χ4v) is 12.5. The quantitative estimate of drug-likeness (QED) is 0.388. The third-order valence-corrected chi connectivity index (χ3v) is 14.4. The second kappa shape index (κ2) is 8.09. The number of fused-ring (bicyclic) bond motifs is 7. The third kappa shape index (κ3) is 3.05. The molecule has 0 spiro atoms. The molecule has 2 N–H and O–H groups in total. The molecule has 0 aromatic rings. The van der Waals surface area contributed by atoms with Crippen molar-refractivity contribution < 1.29 is 15.0 Å². The van der Waals surface area contributed by atoms with Gasteiger partial charge in [0.15, 0.2) is 0 Å². The Hall–Kier alpha value is -0.830. The van der Waals surface area contributed by atoms with Crippen LogP contribution in [0.15, 0.2) is 12.2 Å². The van der Waals surface area contributed by atoms with Gasteiger partial charge < -0.3 is 10.2 Å². The SMILES string of the molecule is C=C(C)[C@@H]1CC[C@]2(C(=O)O)C(C(C)C)C[C@]3(C)[C@H](CC[C@@H]4[C@@]5(C)CC[C@H](O)C(C)(C)[C@@H]5CC[C@]43C)[C@@H]12. The van der Waals surface area contributed by atoms with Gasteiger partial charge in [0.2, 0.25) is 0 Å². The fraction of sp³-hybridized carbons (Fsp3) is 0.909. The van der Waals surface area contributed by atoms with Crippen molar-refractivity contribution in [3.8, 4) is 0 Å². The van der Waals surface area contributed by atoms with Crippen LogP contribution in [0.4, 0.5) is 0 Å². The fourth-order valence-electron chi connectivity index (χ4n) is 12.5. The molecule has 0 aliphatic heterocycles. The summed E-state index contributed by atoms with van der Waals surface area (Å²) in [6.07, 6.45) is 9.53. The van der Waals surface area contributed by atoms with E-state index in [1.165, 1.54) is 24.8 Å². The Labute approximate surface area is 220 Å². The van der Waals surface area contributed by atoms with Gasteiger partial charge in [-0.15, -0.1) is 0 Å². The number of carboxylic acid groups (broad SMARTS) is 1. The standard InChI is InChI=1S/C33H54O3/c1-19(2)21-12-17-33(28(35)36)23(20(3)4)18-32(9)22(27(21)33)10-11-25-30(7)15-14-26(34)29(5,6)24(30)13-16-31(25,32)8/h20-27,34H,1,10-18H2,2-9H3,(H,35,36)/t21-,22+,23?,24-,25+,26-,27+,30-,31+,32+,33-/m0/s1. The molecule has 5 aliphatic carbocycles. The highest BCUT2D eigenvalue weighted by atomic mass is 16.4. The largest absolute Gasteiger partial charge is 0.481 e. The summed E-state index contributed by atoms with van der Waals surface area (Å²) in [7, 11) is 0. The summed E-state index contributed by atoms with van der Waals surface area (Å²) >= 11 is 0. The Morgan fingerprint density at radius 1 is 0.889 bits per heavy atom. The lowest BCUT2D eigenvalue weighted by Crippen LogP contribution is -2.68. The molecule has 11 atom stereocenters. The van der Waals surface area contributed by atoms with Gasteiger partial charge >= 0.3 is 5.97 Å². The number of allylic oxidation sites excluding steroid dienone is 1. The number of hydrogen-bond acceptors (Lipinski definition) is 2. The van der Waals surface area contributed by atoms with Gasteiger partial charge in [-0.3, -0.25) is 4.79 Å². The lowest BCUT2D eigenvalue weighted by atomic mass is 9.31. The van der Waals surface area contributed by atoms with Crippen molar-refractivity contribution in [2.75, 3.05) is 0 Å². The second-order valence-corrected chi connectivity index (χ2v) is 16.0. The van der Waals surface area contributed by atoms with Gasteiger partial charge in [0.25, 0.3) is 0 Å². The Morgan fingerprint density at radius 3 is 2.14 bits per heavy atom. The molecule has 0 aromatic heterocycles. The van der Waals surface area contributed by atoms with Crippen molar-refractivity contribution in [2.24, 2.45) is 68.5 Å². The second-order valence-electron chi connectivity index (χ2n) is 16.0. The lowest BCUT2D eigenvalue weighted by Gasteiger charge is -2.73. The van der Waals surface area contributed by atoms with E-state index in [1.54, 1.807) is 0 Å².